The fourth-order valence-corrected chi connectivity index (χ4v) is 1.07. The fraction of sp³-hybridized carbons (Fsp3) is 0.273. The molecule has 2 heteroatoms. The SMILES string of the molecule is [CH2]CCNC(=O)Cc1ccccc1. The second-order valence-corrected chi connectivity index (χ2v) is 2.87. The number of amides is 1. The van der Waals surface area contributed by atoms with Gasteiger partial charge in [0.15, 0.2) is 0 Å². The van der Waals surface area contributed by atoms with E-state index in [-0.39, 0.29) is 5.91 Å². The summed E-state index contributed by atoms with van der Waals surface area (Å²) in [4.78, 5) is 11.2. The minimum Gasteiger partial charge on any atom is -0.356 e. The number of benzene rings is 1. The van der Waals surface area contributed by atoms with Gasteiger partial charge in [-0.15, -0.1) is 0 Å². The summed E-state index contributed by atoms with van der Waals surface area (Å²) in [5, 5.41) is 2.78. The van der Waals surface area contributed by atoms with Crippen LogP contribution in [0.1, 0.15) is 12.0 Å². The van der Waals surface area contributed by atoms with E-state index in [4.69, 9.17) is 0 Å². The van der Waals surface area contributed by atoms with Gasteiger partial charge in [-0.05, 0) is 12.0 Å². The van der Waals surface area contributed by atoms with Crippen LogP contribution < -0.4 is 5.32 Å². The molecule has 1 amide bonds. The Kier molecular flexibility index (Phi) is 4.03. The van der Waals surface area contributed by atoms with Crippen LogP contribution in [0.15, 0.2) is 30.3 Å². The van der Waals surface area contributed by atoms with E-state index in [0.717, 1.165) is 12.0 Å². The van der Waals surface area contributed by atoms with Crippen molar-refractivity contribution in [2.75, 3.05) is 6.54 Å². The Morgan fingerprint density at radius 1 is 1.31 bits per heavy atom. The molecule has 1 radical (unpaired) electrons. The van der Waals surface area contributed by atoms with Crippen LogP contribution in [0.2, 0.25) is 0 Å². The smallest absolute Gasteiger partial charge is 0.224 e. The first-order valence-corrected chi connectivity index (χ1v) is 4.43. The summed E-state index contributed by atoms with van der Waals surface area (Å²) in [5.74, 6) is 0.0647. The molecular formula is C11H14NO. The Morgan fingerprint density at radius 3 is 2.62 bits per heavy atom. The molecule has 1 rings (SSSR count). The molecular weight excluding hydrogens is 162 g/mol. The van der Waals surface area contributed by atoms with Crippen LogP contribution in [0.25, 0.3) is 0 Å². The molecule has 0 aliphatic rings. The third kappa shape index (κ3) is 3.74. The monoisotopic (exact) mass is 176 g/mol. The van der Waals surface area contributed by atoms with E-state index in [1.807, 2.05) is 30.3 Å². The molecule has 0 saturated carbocycles. The number of carbonyl (C=O) groups excluding carboxylic acids is 1. The van der Waals surface area contributed by atoms with Gasteiger partial charge in [0.2, 0.25) is 5.91 Å². The van der Waals surface area contributed by atoms with Gasteiger partial charge in [-0.3, -0.25) is 4.79 Å². The average molecular weight is 176 g/mol. The maximum absolute atomic E-state index is 11.2. The Balaban J connectivity index is 2.37. The van der Waals surface area contributed by atoms with Gasteiger partial charge < -0.3 is 5.32 Å². The predicted molar refractivity (Wildman–Crippen MR) is 53.1 cm³/mol. The van der Waals surface area contributed by atoms with Gasteiger partial charge in [-0.1, -0.05) is 37.3 Å². The first-order chi connectivity index (χ1) is 6.33. The van der Waals surface area contributed by atoms with Crippen molar-refractivity contribution in [2.45, 2.75) is 12.8 Å². The molecule has 1 aromatic carbocycles. The number of carbonyl (C=O) groups is 1. The molecule has 1 N–H and O–H groups in total. The van der Waals surface area contributed by atoms with Gasteiger partial charge in [0.05, 0.1) is 6.42 Å². The maximum atomic E-state index is 11.2. The molecule has 0 spiro atoms. The molecule has 0 aromatic heterocycles. The molecule has 2 nitrogen and oxygen atoms in total. The van der Waals surface area contributed by atoms with Crippen LogP contribution in [-0.2, 0) is 11.2 Å². The summed E-state index contributed by atoms with van der Waals surface area (Å²) < 4.78 is 0. The van der Waals surface area contributed by atoms with E-state index >= 15 is 0 Å². The highest BCUT2D eigenvalue weighted by Gasteiger charge is 2.00. The Hall–Kier alpha value is -1.31. The van der Waals surface area contributed by atoms with E-state index in [0.29, 0.717) is 13.0 Å². The third-order valence-electron chi connectivity index (χ3n) is 1.71. The summed E-state index contributed by atoms with van der Waals surface area (Å²) in [6, 6.07) is 9.71. The van der Waals surface area contributed by atoms with Gasteiger partial charge >= 0.3 is 0 Å². The molecule has 0 atom stereocenters. The van der Waals surface area contributed by atoms with Crippen LogP contribution in [-0.4, -0.2) is 12.5 Å². The summed E-state index contributed by atoms with van der Waals surface area (Å²) in [7, 11) is 0. The zero-order valence-electron chi connectivity index (χ0n) is 7.62. The van der Waals surface area contributed by atoms with Crippen LogP contribution in [0.3, 0.4) is 0 Å². The van der Waals surface area contributed by atoms with Crippen LogP contribution in [0.4, 0.5) is 0 Å². The van der Waals surface area contributed by atoms with Gasteiger partial charge in [0.1, 0.15) is 0 Å². The van der Waals surface area contributed by atoms with Gasteiger partial charge in [0.25, 0.3) is 0 Å². The predicted octanol–water partition coefficient (Wildman–Crippen LogP) is 1.57. The molecule has 0 aliphatic heterocycles. The second kappa shape index (κ2) is 5.36. The largest absolute Gasteiger partial charge is 0.356 e. The zero-order chi connectivity index (χ0) is 9.52. The lowest BCUT2D eigenvalue weighted by molar-refractivity contribution is -0.120. The summed E-state index contributed by atoms with van der Waals surface area (Å²) in [5.41, 5.74) is 1.05. The van der Waals surface area contributed by atoms with Gasteiger partial charge in [-0.2, -0.15) is 0 Å². The molecule has 0 heterocycles. The van der Waals surface area contributed by atoms with Crippen molar-refractivity contribution in [1.29, 1.82) is 0 Å². The number of hydrogen-bond acceptors (Lipinski definition) is 1. The summed E-state index contributed by atoms with van der Waals surface area (Å²) in [6.45, 7) is 4.31. The number of rotatable bonds is 4. The normalized spacial score (nSPS) is 9.62. The summed E-state index contributed by atoms with van der Waals surface area (Å²) >= 11 is 0. The molecule has 0 saturated heterocycles. The minimum atomic E-state index is 0.0647. The van der Waals surface area contributed by atoms with Crippen LogP contribution in [0, 0.1) is 6.92 Å². The Labute approximate surface area is 79.0 Å². The van der Waals surface area contributed by atoms with Crippen molar-refractivity contribution >= 4 is 5.91 Å². The molecule has 0 aliphatic carbocycles. The molecule has 69 valence electrons. The van der Waals surface area contributed by atoms with Crippen molar-refractivity contribution < 1.29 is 4.79 Å². The van der Waals surface area contributed by atoms with E-state index in [2.05, 4.69) is 12.2 Å². The fourth-order valence-electron chi connectivity index (χ4n) is 1.07. The lowest BCUT2D eigenvalue weighted by Crippen LogP contribution is -2.25. The maximum Gasteiger partial charge on any atom is 0.224 e. The van der Waals surface area contributed by atoms with E-state index in [1.54, 1.807) is 0 Å². The van der Waals surface area contributed by atoms with E-state index in [1.165, 1.54) is 0 Å². The second-order valence-electron chi connectivity index (χ2n) is 2.87. The third-order valence-corrected chi connectivity index (χ3v) is 1.71. The Bertz CT molecular complexity index is 256. The van der Waals surface area contributed by atoms with Crippen LogP contribution >= 0.6 is 0 Å². The highest BCUT2D eigenvalue weighted by Crippen LogP contribution is 1.98. The topological polar surface area (TPSA) is 29.1 Å². The molecule has 0 fully saturated rings. The first kappa shape index (κ1) is 9.78. The van der Waals surface area contributed by atoms with Crippen molar-refractivity contribution in [3.05, 3.63) is 42.8 Å². The highest BCUT2D eigenvalue weighted by atomic mass is 16.1. The van der Waals surface area contributed by atoms with Crippen molar-refractivity contribution in [3.63, 3.8) is 0 Å². The zero-order valence-corrected chi connectivity index (χ0v) is 7.62. The number of hydrogen-bond donors (Lipinski definition) is 1. The number of nitrogens with one attached hydrogen (secondary N) is 1. The molecule has 1 aromatic rings. The standard InChI is InChI=1S/C11H14NO/c1-2-8-12-11(13)9-10-6-4-3-5-7-10/h3-7H,1-2,8-9H2,(H,12,13). The van der Waals surface area contributed by atoms with Crippen molar-refractivity contribution in [2.24, 2.45) is 0 Å². The van der Waals surface area contributed by atoms with Crippen molar-refractivity contribution in [1.82, 2.24) is 5.32 Å². The average Bonchev–Trinajstić information content (AvgIpc) is 2.16. The van der Waals surface area contributed by atoms with E-state index < -0.39 is 0 Å². The van der Waals surface area contributed by atoms with Gasteiger partial charge in [-0.25, -0.2) is 0 Å². The Morgan fingerprint density at radius 2 is 2.00 bits per heavy atom. The molecule has 0 bridgehead atoms. The molecule has 0 unspecified atom stereocenters. The van der Waals surface area contributed by atoms with Crippen molar-refractivity contribution in [3.8, 4) is 0 Å². The van der Waals surface area contributed by atoms with Crippen LogP contribution in [0.5, 0.6) is 0 Å². The molecule has 13 heavy (non-hydrogen) atoms. The quantitative estimate of drug-likeness (QED) is 0.741. The summed E-state index contributed by atoms with van der Waals surface area (Å²) in [6.07, 6.45) is 1.20. The lowest BCUT2D eigenvalue weighted by Gasteiger charge is -2.02. The van der Waals surface area contributed by atoms with Gasteiger partial charge in [0, 0.05) is 6.54 Å². The highest BCUT2D eigenvalue weighted by molar-refractivity contribution is 5.78. The first-order valence-electron chi connectivity index (χ1n) is 4.43. The minimum absolute atomic E-state index is 0.0647. The lowest BCUT2D eigenvalue weighted by atomic mass is 10.1. The van der Waals surface area contributed by atoms with E-state index in [9.17, 15) is 4.79 Å².